The van der Waals surface area contributed by atoms with Crippen molar-refractivity contribution in [3.05, 3.63) is 0 Å². The number of nitrogens with zero attached hydrogens (tertiary/aromatic N) is 1. The highest BCUT2D eigenvalue weighted by molar-refractivity contribution is 5.83. The summed E-state index contributed by atoms with van der Waals surface area (Å²) in [5, 5.41) is 0. The maximum atomic E-state index is 10.4. The Labute approximate surface area is 52.7 Å². The predicted octanol–water partition coefficient (Wildman–Crippen LogP) is -0.713. The quantitative estimate of drug-likeness (QED) is 0.506. The second-order valence-electron chi connectivity index (χ2n) is 1.94. The fourth-order valence-electron chi connectivity index (χ4n) is 0.697. The molecule has 2 unspecified atom stereocenters. The Morgan fingerprint density at radius 3 is 2.78 bits per heavy atom. The van der Waals surface area contributed by atoms with Gasteiger partial charge in [0.2, 0.25) is 5.91 Å². The van der Waals surface area contributed by atoms with Gasteiger partial charge in [0.25, 0.3) is 0 Å². The molecular weight excluding hydrogens is 120 g/mol. The summed E-state index contributed by atoms with van der Waals surface area (Å²) in [6, 6.07) is -0.481. The van der Waals surface area contributed by atoms with Crippen LogP contribution in [0.3, 0.4) is 0 Å². The lowest BCUT2D eigenvalue weighted by molar-refractivity contribution is -0.120. The fraction of sp³-hybridized carbons (Fsp3) is 0.600. The minimum absolute atomic E-state index is 0.192. The third-order valence-electron chi connectivity index (χ3n) is 1.23. The average Bonchev–Trinajstić information content (AvgIpc) is 2.13. The van der Waals surface area contributed by atoms with Gasteiger partial charge in [0.1, 0.15) is 6.10 Å². The lowest BCUT2D eigenvalue weighted by Crippen LogP contribution is -2.33. The first-order valence-corrected chi connectivity index (χ1v) is 2.68. The highest BCUT2D eigenvalue weighted by atomic mass is 16.5. The molecule has 0 spiro atoms. The van der Waals surface area contributed by atoms with Gasteiger partial charge in [0.05, 0.1) is 0 Å². The molecule has 0 aromatic rings. The van der Waals surface area contributed by atoms with Crippen LogP contribution in [-0.4, -0.2) is 24.5 Å². The molecule has 0 aliphatic carbocycles. The molecule has 0 aromatic heterocycles. The van der Waals surface area contributed by atoms with Gasteiger partial charge in [-0.15, -0.1) is 0 Å². The number of hydrogen-bond acceptors (Lipinski definition) is 3. The van der Waals surface area contributed by atoms with Crippen molar-refractivity contribution in [3.8, 4) is 0 Å². The number of hydrogen-bond donors (Lipinski definition) is 1. The number of aliphatic imine (C=N–C) groups is 1. The molecule has 1 amide bonds. The molecule has 2 N–H and O–H groups in total. The van der Waals surface area contributed by atoms with Crippen molar-refractivity contribution in [2.75, 3.05) is 0 Å². The van der Waals surface area contributed by atoms with E-state index in [0.717, 1.165) is 0 Å². The van der Waals surface area contributed by atoms with Crippen LogP contribution in [0.1, 0.15) is 6.92 Å². The third-order valence-corrected chi connectivity index (χ3v) is 1.23. The Morgan fingerprint density at radius 2 is 2.56 bits per heavy atom. The van der Waals surface area contributed by atoms with Crippen molar-refractivity contribution >= 4 is 12.3 Å². The Hall–Kier alpha value is -1.06. The summed E-state index contributed by atoms with van der Waals surface area (Å²) in [4.78, 5) is 14.1. The second-order valence-corrected chi connectivity index (χ2v) is 1.94. The van der Waals surface area contributed by atoms with Crippen LogP contribution in [0.25, 0.3) is 0 Å². The van der Waals surface area contributed by atoms with Crippen molar-refractivity contribution in [2.24, 2.45) is 10.7 Å². The third kappa shape index (κ3) is 1.01. The van der Waals surface area contributed by atoms with E-state index >= 15 is 0 Å². The van der Waals surface area contributed by atoms with Crippen molar-refractivity contribution in [1.82, 2.24) is 0 Å². The van der Waals surface area contributed by atoms with Crippen molar-refractivity contribution in [1.29, 1.82) is 0 Å². The zero-order chi connectivity index (χ0) is 6.85. The van der Waals surface area contributed by atoms with E-state index in [1.54, 1.807) is 6.92 Å². The number of carbonyl (C=O) groups excluding carboxylic acids is 1. The minimum Gasteiger partial charge on any atom is -0.478 e. The topological polar surface area (TPSA) is 64.7 Å². The van der Waals surface area contributed by atoms with Crippen molar-refractivity contribution < 1.29 is 9.53 Å². The Bertz CT molecular complexity index is 155. The first-order chi connectivity index (χ1) is 4.22. The number of carbonyl (C=O) groups is 1. The maximum Gasteiger partial charge on any atom is 0.246 e. The molecular formula is C5H8N2O2. The lowest BCUT2D eigenvalue weighted by atomic mass is 10.2. The molecule has 9 heavy (non-hydrogen) atoms. The molecule has 4 heteroatoms. The van der Waals surface area contributed by atoms with E-state index in [0.29, 0.717) is 0 Å². The predicted molar refractivity (Wildman–Crippen MR) is 32.0 cm³/mol. The normalized spacial score (nSPS) is 32.1. The zero-order valence-corrected chi connectivity index (χ0v) is 5.07. The van der Waals surface area contributed by atoms with Gasteiger partial charge in [0.15, 0.2) is 12.4 Å². The van der Waals surface area contributed by atoms with Gasteiger partial charge < -0.3 is 10.5 Å². The van der Waals surface area contributed by atoms with E-state index in [4.69, 9.17) is 10.5 Å². The molecule has 0 aromatic carbocycles. The highest BCUT2D eigenvalue weighted by Gasteiger charge is 2.26. The summed E-state index contributed by atoms with van der Waals surface area (Å²) in [6.45, 7) is 1.75. The van der Waals surface area contributed by atoms with Crippen LogP contribution in [0.5, 0.6) is 0 Å². The van der Waals surface area contributed by atoms with E-state index in [1.807, 2.05) is 0 Å². The summed E-state index contributed by atoms with van der Waals surface area (Å²) >= 11 is 0. The molecule has 1 heterocycles. The molecule has 1 aliphatic heterocycles. The monoisotopic (exact) mass is 128 g/mol. The number of ether oxygens (including phenoxy) is 1. The summed E-state index contributed by atoms with van der Waals surface area (Å²) < 4.78 is 4.83. The van der Waals surface area contributed by atoms with E-state index in [2.05, 4.69) is 4.99 Å². The van der Waals surface area contributed by atoms with E-state index in [-0.39, 0.29) is 6.10 Å². The molecule has 0 saturated heterocycles. The number of primary amides is 1. The minimum atomic E-state index is -0.481. The molecule has 1 rings (SSSR count). The van der Waals surface area contributed by atoms with Crippen LogP contribution in [0.4, 0.5) is 0 Å². The van der Waals surface area contributed by atoms with Gasteiger partial charge in [-0.05, 0) is 6.92 Å². The Balaban J connectivity index is 2.59. The summed E-state index contributed by atoms with van der Waals surface area (Å²) in [7, 11) is 0. The average molecular weight is 128 g/mol. The Kier molecular flexibility index (Phi) is 1.38. The molecule has 4 nitrogen and oxygen atoms in total. The van der Waals surface area contributed by atoms with Crippen LogP contribution in [0.15, 0.2) is 4.99 Å². The summed E-state index contributed by atoms with van der Waals surface area (Å²) in [5.41, 5.74) is 4.96. The standard InChI is InChI=1S/C5H8N2O2/c1-3-4(5(6)8)7-2-9-3/h2-4H,1H3,(H2,6,8). The van der Waals surface area contributed by atoms with Crippen LogP contribution >= 0.6 is 0 Å². The van der Waals surface area contributed by atoms with E-state index < -0.39 is 11.9 Å². The van der Waals surface area contributed by atoms with Gasteiger partial charge in [-0.25, -0.2) is 4.99 Å². The maximum absolute atomic E-state index is 10.4. The zero-order valence-electron chi connectivity index (χ0n) is 5.07. The number of nitrogens with two attached hydrogens (primary N) is 1. The van der Waals surface area contributed by atoms with Crippen LogP contribution in [-0.2, 0) is 9.53 Å². The van der Waals surface area contributed by atoms with E-state index in [1.165, 1.54) is 6.40 Å². The number of rotatable bonds is 1. The summed E-state index contributed by atoms with van der Waals surface area (Å²) in [5.74, 6) is -0.434. The molecule has 0 radical (unpaired) electrons. The summed E-state index contributed by atoms with van der Waals surface area (Å²) in [6.07, 6.45) is 1.07. The van der Waals surface area contributed by atoms with Gasteiger partial charge >= 0.3 is 0 Å². The van der Waals surface area contributed by atoms with Gasteiger partial charge in [-0.2, -0.15) is 0 Å². The molecule has 1 aliphatic rings. The first kappa shape index (κ1) is 6.07. The van der Waals surface area contributed by atoms with Gasteiger partial charge in [-0.1, -0.05) is 0 Å². The highest BCUT2D eigenvalue weighted by Crippen LogP contribution is 2.06. The number of amides is 1. The smallest absolute Gasteiger partial charge is 0.246 e. The Morgan fingerprint density at radius 1 is 1.89 bits per heavy atom. The molecule has 0 saturated carbocycles. The van der Waals surface area contributed by atoms with Crippen LogP contribution < -0.4 is 5.73 Å². The lowest BCUT2D eigenvalue weighted by Gasteiger charge is -2.06. The SMILES string of the molecule is CC1OC=NC1C(N)=O. The largest absolute Gasteiger partial charge is 0.478 e. The van der Waals surface area contributed by atoms with Gasteiger partial charge in [0, 0.05) is 0 Å². The molecule has 0 bridgehead atoms. The molecule has 50 valence electrons. The second kappa shape index (κ2) is 2.05. The van der Waals surface area contributed by atoms with Crippen molar-refractivity contribution in [3.63, 3.8) is 0 Å². The molecule has 2 atom stereocenters. The first-order valence-electron chi connectivity index (χ1n) is 2.68. The van der Waals surface area contributed by atoms with Crippen LogP contribution in [0, 0.1) is 0 Å². The molecule has 0 fully saturated rings. The fourth-order valence-corrected chi connectivity index (χ4v) is 0.697. The van der Waals surface area contributed by atoms with Crippen molar-refractivity contribution in [2.45, 2.75) is 19.1 Å². The van der Waals surface area contributed by atoms with Gasteiger partial charge in [-0.3, -0.25) is 4.79 Å². The van der Waals surface area contributed by atoms with E-state index in [9.17, 15) is 4.79 Å². The van der Waals surface area contributed by atoms with Crippen LogP contribution in [0.2, 0.25) is 0 Å².